The van der Waals surface area contributed by atoms with Gasteiger partial charge in [0, 0.05) is 24.1 Å². The van der Waals surface area contributed by atoms with Crippen molar-refractivity contribution in [1.82, 2.24) is 0 Å². The number of halogens is 7. The Hall–Kier alpha value is -3.11. The third-order valence-corrected chi connectivity index (χ3v) is 5.24. The van der Waals surface area contributed by atoms with Gasteiger partial charge in [-0.2, -0.15) is 8.78 Å². The van der Waals surface area contributed by atoms with Crippen molar-refractivity contribution in [2.75, 3.05) is 13.2 Å². The number of ether oxygens (including phenoxy) is 3. The molecule has 0 bridgehead atoms. The van der Waals surface area contributed by atoms with E-state index in [1.165, 1.54) is 12.1 Å². The van der Waals surface area contributed by atoms with Crippen LogP contribution in [0.25, 0.3) is 11.1 Å². The van der Waals surface area contributed by atoms with Gasteiger partial charge in [-0.1, -0.05) is 24.3 Å². The van der Waals surface area contributed by atoms with E-state index in [4.69, 9.17) is 9.47 Å². The Balaban J connectivity index is 1.50. The highest BCUT2D eigenvalue weighted by Crippen LogP contribution is 2.35. The maximum absolute atomic E-state index is 14.7. The van der Waals surface area contributed by atoms with Crippen molar-refractivity contribution in [2.24, 2.45) is 0 Å². The smallest absolute Gasteiger partial charge is 0.426 e. The van der Waals surface area contributed by atoms with Gasteiger partial charge in [-0.05, 0) is 29.7 Å². The fraction of sp³-hybridized carbons (Fsp3) is 0.250. The first-order valence-electron chi connectivity index (χ1n) is 10.2. The lowest BCUT2D eigenvalue weighted by molar-refractivity contribution is -0.185. The van der Waals surface area contributed by atoms with Crippen LogP contribution < -0.4 is 4.74 Å². The van der Waals surface area contributed by atoms with Crippen LogP contribution in [0.15, 0.2) is 48.5 Å². The van der Waals surface area contributed by atoms with Crippen molar-refractivity contribution >= 4 is 0 Å². The summed E-state index contributed by atoms with van der Waals surface area (Å²) in [7, 11) is 0. The summed E-state index contributed by atoms with van der Waals surface area (Å²) in [5, 5.41) is 0. The topological polar surface area (TPSA) is 27.7 Å². The Morgan fingerprint density at radius 2 is 1.41 bits per heavy atom. The molecular weight excluding hydrogens is 469 g/mol. The van der Waals surface area contributed by atoms with Crippen molar-refractivity contribution in [3.63, 3.8) is 0 Å². The van der Waals surface area contributed by atoms with Gasteiger partial charge in [0.1, 0.15) is 5.75 Å². The van der Waals surface area contributed by atoms with Crippen molar-refractivity contribution in [3.8, 4) is 16.9 Å². The Morgan fingerprint density at radius 3 is 2.03 bits per heavy atom. The molecule has 0 radical (unpaired) electrons. The molecule has 10 heteroatoms. The van der Waals surface area contributed by atoms with Crippen LogP contribution in [0, 0.1) is 29.1 Å². The first-order valence-corrected chi connectivity index (χ1v) is 10.2. The predicted octanol–water partition coefficient (Wildman–Crippen LogP) is 6.48. The van der Waals surface area contributed by atoms with E-state index in [0.717, 1.165) is 24.3 Å². The molecule has 0 spiro atoms. The van der Waals surface area contributed by atoms with E-state index in [-0.39, 0.29) is 35.2 Å². The predicted molar refractivity (Wildman–Crippen MR) is 107 cm³/mol. The van der Waals surface area contributed by atoms with E-state index in [1.807, 2.05) is 0 Å². The lowest BCUT2D eigenvalue weighted by atomic mass is 9.99. The molecule has 3 aromatic rings. The van der Waals surface area contributed by atoms with Gasteiger partial charge in [0.15, 0.2) is 35.4 Å². The van der Waals surface area contributed by atoms with E-state index in [1.54, 1.807) is 0 Å². The van der Waals surface area contributed by atoms with Crippen LogP contribution in [-0.2, 0) is 22.0 Å². The number of hydrogen-bond donors (Lipinski definition) is 0. The molecule has 0 aromatic heterocycles. The summed E-state index contributed by atoms with van der Waals surface area (Å²) in [4.78, 5) is 0. The molecule has 0 atom stereocenters. The number of alkyl halides is 2. The lowest BCUT2D eigenvalue weighted by Crippen LogP contribution is -2.22. The molecule has 1 aliphatic rings. The molecule has 0 aliphatic carbocycles. The van der Waals surface area contributed by atoms with E-state index >= 15 is 0 Å². The summed E-state index contributed by atoms with van der Waals surface area (Å²) in [6.45, 7) is 0.885. The fourth-order valence-corrected chi connectivity index (χ4v) is 3.49. The molecule has 0 N–H and O–H groups in total. The maximum atomic E-state index is 14.7. The van der Waals surface area contributed by atoms with Crippen molar-refractivity contribution in [3.05, 3.63) is 88.7 Å². The van der Waals surface area contributed by atoms with Crippen LogP contribution in [0.5, 0.6) is 5.75 Å². The molecule has 34 heavy (non-hydrogen) atoms. The van der Waals surface area contributed by atoms with Gasteiger partial charge in [-0.3, -0.25) is 0 Å². The zero-order chi connectivity index (χ0) is 24.5. The quantitative estimate of drug-likeness (QED) is 0.283. The zero-order valence-corrected chi connectivity index (χ0v) is 17.4. The molecule has 0 saturated carbocycles. The molecule has 0 unspecified atom stereocenters. The summed E-state index contributed by atoms with van der Waals surface area (Å²) in [6.07, 6.45) is -3.99. The van der Waals surface area contributed by atoms with Crippen LogP contribution in [0.3, 0.4) is 0 Å². The van der Waals surface area contributed by atoms with E-state index < -0.39 is 52.8 Å². The van der Waals surface area contributed by atoms with Gasteiger partial charge in [-0.25, -0.2) is 22.0 Å². The minimum Gasteiger partial charge on any atom is -0.429 e. The van der Waals surface area contributed by atoms with Gasteiger partial charge in [0.2, 0.25) is 0 Å². The molecule has 1 aliphatic heterocycles. The highest BCUT2D eigenvalue weighted by atomic mass is 19.3. The zero-order valence-electron chi connectivity index (χ0n) is 17.4. The average Bonchev–Trinajstić information content (AvgIpc) is 3.32. The van der Waals surface area contributed by atoms with Gasteiger partial charge in [0.05, 0.1) is 18.8 Å². The Labute approximate surface area is 189 Å². The maximum Gasteiger partial charge on any atom is 0.426 e. The standard InChI is InChI=1S/C24H17F7O3/c25-18-11-16(12-19(26)23(18)29)34-24(30,31)15-5-1-13(2-6-15)17-7-3-14(21(27)22(17)28)4-8-20-32-9-10-33-20/h1-3,5-7,11-12,20H,4,8-10H2. The van der Waals surface area contributed by atoms with Crippen LogP contribution in [0.2, 0.25) is 0 Å². The summed E-state index contributed by atoms with van der Waals surface area (Å²) in [5.41, 5.74) is -0.636. The molecule has 0 amide bonds. The number of hydrogen-bond acceptors (Lipinski definition) is 3. The third-order valence-electron chi connectivity index (χ3n) is 5.24. The second-order valence-electron chi connectivity index (χ2n) is 7.51. The van der Waals surface area contributed by atoms with E-state index in [0.29, 0.717) is 19.6 Å². The average molecular weight is 486 g/mol. The van der Waals surface area contributed by atoms with Crippen LogP contribution >= 0.6 is 0 Å². The molecule has 180 valence electrons. The van der Waals surface area contributed by atoms with E-state index in [9.17, 15) is 30.7 Å². The summed E-state index contributed by atoms with van der Waals surface area (Å²) in [5.74, 6) is -8.33. The second-order valence-corrected chi connectivity index (χ2v) is 7.51. The molecule has 4 rings (SSSR count). The number of aryl methyl sites for hydroxylation is 1. The van der Waals surface area contributed by atoms with E-state index in [2.05, 4.69) is 4.74 Å². The van der Waals surface area contributed by atoms with Crippen molar-refractivity contribution in [1.29, 1.82) is 0 Å². The Bertz CT molecular complexity index is 1150. The van der Waals surface area contributed by atoms with Gasteiger partial charge >= 0.3 is 6.11 Å². The molecule has 1 heterocycles. The molecule has 3 aromatic carbocycles. The summed E-state index contributed by atoms with van der Waals surface area (Å²) >= 11 is 0. The largest absolute Gasteiger partial charge is 0.429 e. The summed E-state index contributed by atoms with van der Waals surface area (Å²) < 4.78 is 112. The van der Waals surface area contributed by atoms with Gasteiger partial charge in [0.25, 0.3) is 0 Å². The lowest BCUT2D eigenvalue weighted by Gasteiger charge is -2.19. The van der Waals surface area contributed by atoms with Crippen molar-refractivity contribution in [2.45, 2.75) is 25.2 Å². The SMILES string of the molecule is Fc1cc(OC(F)(F)c2ccc(-c3ccc(CCC4OCCO4)c(F)c3F)cc2)cc(F)c1F. The van der Waals surface area contributed by atoms with Crippen LogP contribution in [0.4, 0.5) is 30.7 Å². The Morgan fingerprint density at radius 1 is 0.794 bits per heavy atom. The van der Waals surface area contributed by atoms with Crippen LogP contribution in [-0.4, -0.2) is 19.5 Å². The first-order chi connectivity index (χ1) is 16.2. The minimum absolute atomic E-state index is 0.115. The Kier molecular flexibility index (Phi) is 6.81. The second kappa shape index (κ2) is 9.63. The number of benzene rings is 3. The molecule has 1 saturated heterocycles. The molecule has 3 nitrogen and oxygen atoms in total. The highest BCUT2D eigenvalue weighted by Gasteiger charge is 2.35. The third kappa shape index (κ3) is 5.02. The normalized spacial score (nSPS) is 14.6. The number of rotatable bonds is 7. The fourth-order valence-electron chi connectivity index (χ4n) is 3.49. The molecular formula is C24H17F7O3. The minimum atomic E-state index is -4.05. The monoisotopic (exact) mass is 486 g/mol. The highest BCUT2D eigenvalue weighted by molar-refractivity contribution is 5.65. The van der Waals surface area contributed by atoms with Gasteiger partial charge in [-0.15, -0.1) is 0 Å². The first kappa shape index (κ1) is 24.0. The van der Waals surface area contributed by atoms with Gasteiger partial charge < -0.3 is 14.2 Å². The molecule has 1 fully saturated rings. The van der Waals surface area contributed by atoms with Crippen LogP contribution in [0.1, 0.15) is 17.5 Å². The van der Waals surface area contributed by atoms with Crippen molar-refractivity contribution < 1.29 is 44.9 Å². The summed E-state index contributed by atoms with van der Waals surface area (Å²) in [6, 6.07) is 7.32.